The Kier molecular flexibility index (Phi) is 6.83. The second kappa shape index (κ2) is 9.31. The van der Waals surface area contributed by atoms with Gasteiger partial charge in [0, 0.05) is 44.5 Å². The zero-order valence-electron chi connectivity index (χ0n) is 15.3. The molecule has 0 saturated carbocycles. The fourth-order valence-electron chi connectivity index (χ4n) is 2.98. The highest BCUT2D eigenvalue weighted by Gasteiger charge is 2.17. The third-order valence-electron chi connectivity index (χ3n) is 4.57. The van der Waals surface area contributed by atoms with Crippen LogP contribution in [0.1, 0.15) is 5.56 Å². The number of ether oxygens (including phenoxy) is 1. The van der Waals surface area contributed by atoms with E-state index in [0.717, 1.165) is 31.7 Å². The molecule has 3 rings (SSSR count). The highest BCUT2D eigenvalue weighted by molar-refractivity contribution is 6.42. The van der Waals surface area contributed by atoms with Gasteiger partial charge in [0.1, 0.15) is 5.75 Å². The maximum Gasteiger partial charge on any atom is 0.258 e. The molecule has 1 aliphatic heterocycles. The lowest BCUT2D eigenvalue weighted by molar-refractivity contribution is -0.123. The average molecular weight is 408 g/mol. The summed E-state index contributed by atoms with van der Waals surface area (Å²) < 4.78 is 5.48. The van der Waals surface area contributed by atoms with Gasteiger partial charge in [0.15, 0.2) is 6.61 Å². The Morgan fingerprint density at radius 3 is 2.56 bits per heavy atom. The lowest BCUT2D eigenvalue weighted by Gasteiger charge is -2.35. The predicted octanol–water partition coefficient (Wildman–Crippen LogP) is 3.44. The van der Waals surface area contributed by atoms with Crippen LogP contribution in [-0.4, -0.2) is 50.6 Å². The summed E-state index contributed by atoms with van der Waals surface area (Å²) in [5, 5.41) is 3.77. The molecule has 0 aliphatic carbocycles. The molecule has 0 unspecified atom stereocenters. The smallest absolute Gasteiger partial charge is 0.258 e. The van der Waals surface area contributed by atoms with Gasteiger partial charge in [-0.05, 0) is 30.8 Å². The maximum absolute atomic E-state index is 12.2. The number of likely N-dealkylation sites (N-methyl/N-ethyl adjacent to an activating group) is 1. The molecule has 0 atom stereocenters. The minimum atomic E-state index is -0.186. The van der Waals surface area contributed by atoms with Crippen molar-refractivity contribution in [3.05, 3.63) is 58.1 Å². The third-order valence-corrected chi connectivity index (χ3v) is 5.31. The van der Waals surface area contributed by atoms with Crippen LogP contribution in [0.4, 0.5) is 5.69 Å². The van der Waals surface area contributed by atoms with Crippen molar-refractivity contribution in [2.24, 2.45) is 0 Å². The molecule has 1 N–H and O–H groups in total. The van der Waals surface area contributed by atoms with Gasteiger partial charge in [-0.3, -0.25) is 4.79 Å². The molecule has 1 fully saturated rings. The van der Waals surface area contributed by atoms with Gasteiger partial charge < -0.3 is 19.9 Å². The first kappa shape index (κ1) is 19.8. The Hall–Kier alpha value is -1.95. The normalized spacial score (nSPS) is 14.9. The van der Waals surface area contributed by atoms with E-state index in [1.54, 1.807) is 18.2 Å². The second-order valence-electron chi connectivity index (χ2n) is 6.56. The first-order chi connectivity index (χ1) is 13.0. The van der Waals surface area contributed by atoms with Crippen LogP contribution in [0.15, 0.2) is 42.5 Å². The monoisotopic (exact) mass is 407 g/mol. The van der Waals surface area contributed by atoms with Crippen molar-refractivity contribution in [3.8, 4) is 5.75 Å². The van der Waals surface area contributed by atoms with E-state index in [4.69, 9.17) is 27.9 Å². The van der Waals surface area contributed by atoms with Gasteiger partial charge in [0.2, 0.25) is 0 Å². The quantitative estimate of drug-likeness (QED) is 0.796. The molecule has 1 amide bonds. The molecule has 2 aromatic rings. The van der Waals surface area contributed by atoms with Gasteiger partial charge in [0.05, 0.1) is 10.0 Å². The van der Waals surface area contributed by atoms with Gasteiger partial charge in [-0.1, -0.05) is 41.4 Å². The number of hydrogen-bond acceptors (Lipinski definition) is 4. The number of nitrogens with zero attached hydrogens (tertiary/aromatic N) is 2. The largest absolute Gasteiger partial charge is 0.484 e. The number of nitrogens with one attached hydrogen (secondary N) is 1. The van der Waals surface area contributed by atoms with Crippen LogP contribution in [0.25, 0.3) is 0 Å². The van der Waals surface area contributed by atoms with Gasteiger partial charge in [-0.2, -0.15) is 0 Å². The lowest BCUT2D eigenvalue weighted by atomic mass is 10.1. The number of para-hydroxylation sites is 1. The van der Waals surface area contributed by atoms with Crippen molar-refractivity contribution in [2.75, 3.05) is 44.7 Å². The number of anilines is 1. The first-order valence-electron chi connectivity index (χ1n) is 8.89. The molecule has 2 aromatic carbocycles. The van der Waals surface area contributed by atoms with Gasteiger partial charge >= 0.3 is 0 Å². The lowest BCUT2D eigenvalue weighted by Crippen LogP contribution is -2.45. The average Bonchev–Trinajstić information content (AvgIpc) is 2.68. The Labute approximate surface area is 169 Å². The number of halogens is 2. The van der Waals surface area contributed by atoms with Crippen molar-refractivity contribution in [1.82, 2.24) is 10.2 Å². The summed E-state index contributed by atoms with van der Waals surface area (Å²) in [5.41, 5.74) is 2.28. The Morgan fingerprint density at radius 2 is 1.81 bits per heavy atom. The highest BCUT2D eigenvalue weighted by atomic mass is 35.5. The van der Waals surface area contributed by atoms with E-state index in [1.807, 2.05) is 18.2 Å². The summed E-state index contributed by atoms with van der Waals surface area (Å²) >= 11 is 11.8. The number of carbonyl (C=O) groups excluding carboxylic acids is 1. The molecule has 0 bridgehead atoms. The number of benzene rings is 2. The van der Waals surface area contributed by atoms with Crippen LogP contribution < -0.4 is 15.0 Å². The number of piperazine rings is 1. The summed E-state index contributed by atoms with van der Waals surface area (Å²) in [6, 6.07) is 13.1. The third kappa shape index (κ3) is 5.51. The zero-order valence-corrected chi connectivity index (χ0v) is 16.8. The van der Waals surface area contributed by atoms with Crippen molar-refractivity contribution in [3.63, 3.8) is 0 Å². The van der Waals surface area contributed by atoms with Crippen LogP contribution in [0.3, 0.4) is 0 Å². The van der Waals surface area contributed by atoms with Crippen molar-refractivity contribution in [1.29, 1.82) is 0 Å². The molecule has 144 valence electrons. The van der Waals surface area contributed by atoms with Crippen LogP contribution in [0, 0.1) is 0 Å². The highest BCUT2D eigenvalue weighted by Crippen LogP contribution is 2.26. The number of amides is 1. The van der Waals surface area contributed by atoms with Crippen LogP contribution in [0.5, 0.6) is 5.75 Å². The van der Waals surface area contributed by atoms with E-state index in [0.29, 0.717) is 22.3 Å². The molecule has 1 aliphatic rings. The second-order valence-corrected chi connectivity index (χ2v) is 7.37. The van der Waals surface area contributed by atoms with Crippen LogP contribution >= 0.6 is 23.2 Å². The molecule has 0 spiro atoms. The van der Waals surface area contributed by atoms with Gasteiger partial charge in [0.25, 0.3) is 5.91 Å². The molecular formula is C20H23Cl2N3O2. The van der Waals surface area contributed by atoms with Gasteiger partial charge in [-0.25, -0.2) is 0 Å². The van der Waals surface area contributed by atoms with Crippen LogP contribution in [-0.2, 0) is 11.3 Å². The molecule has 1 heterocycles. The maximum atomic E-state index is 12.2. The van der Waals surface area contributed by atoms with E-state index in [-0.39, 0.29) is 12.5 Å². The Morgan fingerprint density at radius 1 is 1.07 bits per heavy atom. The van der Waals surface area contributed by atoms with Crippen LogP contribution in [0.2, 0.25) is 10.0 Å². The van der Waals surface area contributed by atoms with Crippen molar-refractivity contribution < 1.29 is 9.53 Å². The molecule has 5 nitrogen and oxygen atoms in total. The minimum absolute atomic E-state index is 0.0748. The summed E-state index contributed by atoms with van der Waals surface area (Å²) in [5.74, 6) is 0.326. The van der Waals surface area contributed by atoms with E-state index in [9.17, 15) is 4.79 Å². The van der Waals surface area contributed by atoms with E-state index < -0.39 is 0 Å². The Bertz CT molecular complexity index is 793. The summed E-state index contributed by atoms with van der Waals surface area (Å²) in [4.78, 5) is 16.8. The number of carbonyl (C=O) groups is 1. The standard InChI is InChI=1S/C20H23Cl2N3O2/c1-24-8-10-25(11-9-24)19-5-3-2-4-15(19)13-23-20(26)14-27-16-6-7-17(21)18(22)12-16/h2-7,12H,8-11,13-14H2,1H3,(H,23,26). The topological polar surface area (TPSA) is 44.8 Å². The molecule has 1 saturated heterocycles. The molecule has 0 aromatic heterocycles. The van der Waals surface area contributed by atoms with Crippen molar-refractivity contribution >= 4 is 34.8 Å². The summed E-state index contributed by atoms with van der Waals surface area (Å²) in [6.07, 6.45) is 0. The van der Waals surface area contributed by atoms with E-state index in [1.165, 1.54) is 5.69 Å². The molecule has 27 heavy (non-hydrogen) atoms. The van der Waals surface area contributed by atoms with Crippen molar-refractivity contribution in [2.45, 2.75) is 6.54 Å². The van der Waals surface area contributed by atoms with Gasteiger partial charge in [-0.15, -0.1) is 0 Å². The number of rotatable bonds is 6. The molecular weight excluding hydrogens is 385 g/mol. The predicted molar refractivity (Wildman–Crippen MR) is 110 cm³/mol. The van der Waals surface area contributed by atoms with E-state index >= 15 is 0 Å². The SMILES string of the molecule is CN1CCN(c2ccccc2CNC(=O)COc2ccc(Cl)c(Cl)c2)CC1. The first-order valence-corrected chi connectivity index (χ1v) is 9.64. The Balaban J connectivity index is 1.53. The summed E-state index contributed by atoms with van der Waals surface area (Å²) in [6.45, 7) is 4.45. The summed E-state index contributed by atoms with van der Waals surface area (Å²) in [7, 11) is 2.14. The fourth-order valence-corrected chi connectivity index (χ4v) is 3.26. The fraction of sp³-hybridized carbons (Fsp3) is 0.350. The zero-order chi connectivity index (χ0) is 19.2. The molecule has 7 heteroatoms. The minimum Gasteiger partial charge on any atom is -0.484 e. The molecule has 0 radical (unpaired) electrons. The number of hydrogen-bond donors (Lipinski definition) is 1. The van der Waals surface area contributed by atoms with E-state index in [2.05, 4.69) is 28.2 Å².